The number of rotatable bonds is 60. The fourth-order valence-corrected chi connectivity index (χ4v) is 9.65. The van der Waals surface area contributed by atoms with Gasteiger partial charge in [0.25, 0.3) is 0 Å². The highest BCUT2D eigenvalue weighted by atomic mass is 16.6. The molecule has 0 aromatic rings. The Hall–Kier alpha value is -2.89. The van der Waals surface area contributed by atoms with Gasteiger partial charge < -0.3 is 14.2 Å². The van der Waals surface area contributed by atoms with Gasteiger partial charge in [0.2, 0.25) is 0 Å². The van der Waals surface area contributed by atoms with E-state index in [1.807, 2.05) is 0 Å². The summed E-state index contributed by atoms with van der Waals surface area (Å²) in [4.78, 5) is 38.2. The van der Waals surface area contributed by atoms with Crippen LogP contribution < -0.4 is 0 Å². The van der Waals surface area contributed by atoms with Crippen molar-refractivity contribution in [2.45, 2.75) is 348 Å². The zero-order valence-electron chi connectivity index (χ0n) is 50.1. The third kappa shape index (κ3) is 61.8. The van der Waals surface area contributed by atoms with Crippen molar-refractivity contribution in [2.24, 2.45) is 0 Å². The van der Waals surface area contributed by atoms with E-state index in [0.29, 0.717) is 19.3 Å². The molecule has 75 heavy (non-hydrogen) atoms. The molecule has 0 aliphatic carbocycles. The van der Waals surface area contributed by atoms with Crippen molar-refractivity contribution < 1.29 is 28.6 Å². The van der Waals surface area contributed by atoms with Crippen LogP contribution in [-0.4, -0.2) is 37.2 Å². The lowest BCUT2D eigenvalue weighted by Crippen LogP contribution is -2.30. The van der Waals surface area contributed by atoms with Gasteiger partial charge in [-0.15, -0.1) is 0 Å². The molecule has 0 aromatic carbocycles. The molecule has 0 amide bonds. The number of unbranched alkanes of at least 4 members (excludes halogenated alkanes) is 39. The Bertz CT molecular complexity index is 1340. The van der Waals surface area contributed by atoms with Crippen LogP contribution in [0.1, 0.15) is 342 Å². The van der Waals surface area contributed by atoms with E-state index in [0.717, 1.165) is 96.3 Å². The molecule has 1 unspecified atom stereocenters. The SMILES string of the molecule is CC/C=C\C/C=C\C/C=C\C/C=C\C/C=C\CCCCCCCCCCCC(=O)OCC(COC(=O)CCCCCCCCCC)OC(=O)CCCCCCCCCCCCCCCCCCCCCCCCCC. The number of ether oxygens (including phenoxy) is 3. The second-order valence-electron chi connectivity index (χ2n) is 22.0. The smallest absolute Gasteiger partial charge is 0.306 e. The molecule has 1 atom stereocenters. The van der Waals surface area contributed by atoms with Crippen molar-refractivity contribution in [3.63, 3.8) is 0 Å². The molecule has 0 saturated heterocycles. The summed E-state index contributed by atoms with van der Waals surface area (Å²) in [6.45, 7) is 6.54. The first kappa shape index (κ1) is 72.1. The van der Waals surface area contributed by atoms with E-state index in [2.05, 4.69) is 81.5 Å². The molecule has 0 bridgehead atoms. The number of carbonyl (C=O) groups excluding carboxylic acids is 3. The maximum absolute atomic E-state index is 12.9. The molecule has 0 fully saturated rings. The van der Waals surface area contributed by atoms with E-state index >= 15 is 0 Å². The molecule has 0 spiro atoms. The molecule has 0 aliphatic rings. The summed E-state index contributed by atoms with van der Waals surface area (Å²) in [6, 6.07) is 0. The van der Waals surface area contributed by atoms with Crippen LogP contribution in [0.4, 0.5) is 0 Å². The maximum atomic E-state index is 12.9. The van der Waals surface area contributed by atoms with Gasteiger partial charge in [0.15, 0.2) is 6.10 Å². The predicted octanol–water partition coefficient (Wildman–Crippen LogP) is 22.3. The average Bonchev–Trinajstić information content (AvgIpc) is 3.41. The van der Waals surface area contributed by atoms with E-state index < -0.39 is 6.10 Å². The molecule has 0 heterocycles. The van der Waals surface area contributed by atoms with E-state index in [-0.39, 0.29) is 31.1 Å². The van der Waals surface area contributed by atoms with E-state index in [1.165, 1.54) is 205 Å². The fraction of sp³-hybridized carbons (Fsp3) is 0.812. The first-order chi connectivity index (χ1) is 37.0. The van der Waals surface area contributed by atoms with Crippen molar-refractivity contribution in [3.8, 4) is 0 Å². The van der Waals surface area contributed by atoms with Gasteiger partial charge in [-0.25, -0.2) is 0 Å². The summed E-state index contributed by atoms with van der Waals surface area (Å²) >= 11 is 0. The van der Waals surface area contributed by atoms with Gasteiger partial charge in [0, 0.05) is 19.3 Å². The second kappa shape index (κ2) is 63.6. The zero-order valence-corrected chi connectivity index (χ0v) is 50.1. The second-order valence-corrected chi connectivity index (χ2v) is 22.0. The van der Waals surface area contributed by atoms with Gasteiger partial charge in [-0.1, -0.05) is 319 Å². The van der Waals surface area contributed by atoms with Gasteiger partial charge in [-0.05, 0) is 64.2 Å². The average molecular weight is 1050 g/mol. The minimum atomic E-state index is -0.773. The number of allylic oxidation sites excluding steroid dienone is 10. The highest BCUT2D eigenvalue weighted by molar-refractivity contribution is 5.71. The highest BCUT2D eigenvalue weighted by Crippen LogP contribution is 2.18. The Balaban J connectivity index is 4.15. The van der Waals surface area contributed by atoms with Crippen LogP contribution in [0.15, 0.2) is 60.8 Å². The van der Waals surface area contributed by atoms with Gasteiger partial charge >= 0.3 is 17.9 Å². The predicted molar refractivity (Wildman–Crippen MR) is 325 cm³/mol. The van der Waals surface area contributed by atoms with Crippen molar-refractivity contribution >= 4 is 17.9 Å². The molecular weight excluding hydrogens is 925 g/mol. The Morgan fingerprint density at radius 1 is 0.280 bits per heavy atom. The van der Waals surface area contributed by atoms with Crippen LogP contribution in [0.3, 0.4) is 0 Å². The highest BCUT2D eigenvalue weighted by Gasteiger charge is 2.19. The molecule has 6 nitrogen and oxygen atoms in total. The summed E-state index contributed by atoms with van der Waals surface area (Å²) in [5.41, 5.74) is 0. The molecule has 0 aliphatic heterocycles. The van der Waals surface area contributed by atoms with Gasteiger partial charge in [-0.2, -0.15) is 0 Å². The number of carbonyl (C=O) groups is 3. The molecular formula is C69H124O6. The monoisotopic (exact) mass is 1050 g/mol. The van der Waals surface area contributed by atoms with E-state index in [1.54, 1.807) is 0 Å². The Kier molecular flexibility index (Phi) is 61.2. The topological polar surface area (TPSA) is 78.9 Å². The standard InChI is InChI=1S/C69H124O6/c1-4-7-10-13-16-19-21-23-25-27-29-31-33-35-37-38-40-42-44-46-48-50-53-56-59-62-68(71)74-65-66(64-73-67(70)61-58-55-52-18-15-12-9-6-3)75-69(72)63-60-57-54-51-49-47-45-43-41-39-36-34-32-30-28-26-24-22-20-17-14-11-8-5-2/h7,10,16,19,23,25,29,31,35,37,66H,4-6,8-9,11-15,17-18,20-22,24,26-28,30,32-34,36,38-65H2,1-3H3/b10-7-,19-16-,25-23-,31-29-,37-35-. The lowest BCUT2D eigenvalue weighted by molar-refractivity contribution is -0.167. The van der Waals surface area contributed by atoms with Crippen molar-refractivity contribution in [3.05, 3.63) is 60.8 Å². The van der Waals surface area contributed by atoms with Gasteiger partial charge in [0.1, 0.15) is 13.2 Å². The Labute approximate surface area is 466 Å². The summed E-state index contributed by atoms with van der Waals surface area (Å²) in [5.74, 6) is -0.863. The van der Waals surface area contributed by atoms with Crippen molar-refractivity contribution in [1.29, 1.82) is 0 Å². The summed E-state index contributed by atoms with van der Waals surface area (Å²) < 4.78 is 16.9. The van der Waals surface area contributed by atoms with E-state index in [9.17, 15) is 14.4 Å². The third-order valence-corrected chi connectivity index (χ3v) is 14.5. The van der Waals surface area contributed by atoms with Crippen molar-refractivity contribution in [2.75, 3.05) is 13.2 Å². The molecule has 0 radical (unpaired) electrons. The van der Waals surface area contributed by atoms with Crippen LogP contribution in [0, 0.1) is 0 Å². The third-order valence-electron chi connectivity index (χ3n) is 14.5. The zero-order chi connectivity index (χ0) is 54.3. The minimum Gasteiger partial charge on any atom is -0.462 e. The minimum absolute atomic E-state index is 0.0717. The summed E-state index contributed by atoms with van der Waals surface area (Å²) in [5, 5.41) is 0. The molecule has 436 valence electrons. The lowest BCUT2D eigenvalue weighted by atomic mass is 10.0. The van der Waals surface area contributed by atoms with Crippen molar-refractivity contribution in [1.82, 2.24) is 0 Å². The van der Waals surface area contributed by atoms with Crippen LogP contribution >= 0.6 is 0 Å². The van der Waals surface area contributed by atoms with Crippen LogP contribution in [0.25, 0.3) is 0 Å². The Morgan fingerprint density at radius 2 is 0.520 bits per heavy atom. The summed E-state index contributed by atoms with van der Waals surface area (Å²) in [7, 11) is 0. The normalized spacial score (nSPS) is 12.4. The Morgan fingerprint density at radius 3 is 0.813 bits per heavy atom. The number of hydrogen-bond donors (Lipinski definition) is 0. The first-order valence-electron chi connectivity index (χ1n) is 32.8. The van der Waals surface area contributed by atoms with Gasteiger partial charge in [0.05, 0.1) is 0 Å². The van der Waals surface area contributed by atoms with Crippen LogP contribution in [0.2, 0.25) is 0 Å². The molecule has 6 heteroatoms. The first-order valence-corrected chi connectivity index (χ1v) is 32.8. The summed E-state index contributed by atoms with van der Waals surface area (Å²) in [6.07, 6.45) is 81.1. The van der Waals surface area contributed by atoms with Crippen LogP contribution in [-0.2, 0) is 28.6 Å². The molecule has 0 aromatic heterocycles. The lowest BCUT2D eigenvalue weighted by Gasteiger charge is -2.18. The maximum Gasteiger partial charge on any atom is 0.306 e. The quantitative estimate of drug-likeness (QED) is 0.0261. The largest absolute Gasteiger partial charge is 0.462 e. The van der Waals surface area contributed by atoms with Crippen LogP contribution in [0.5, 0.6) is 0 Å². The van der Waals surface area contributed by atoms with E-state index in [4.69, 9.17) is 14.2 Å². The fourth-order valence-electron chi connectivity index (χ4n) is 9.65. The number of esters is 3. The van der Waals surface area contributed by atoms with Gasteiger partial charge in [-0.3, -0.25) is 14.4 Å². The molecule has 0 rings (SSSR count). The number of hydrogen-bond acceptors (Lipinski definition) is 6. The molecule has 0 N–H and O–H groups in total. The molecule has 0 saturated carbocycles.